The highest BCUT2D eigenvalue weighted by molar-refractivity contribution is 6.31. The zero-order valence-corrected chi connectivity index (χ0v) is 8.77. The number of aliphatic hydroxyl groups is 1. The van der Waals surface area contributed by atoms with Crippen molar-refractivity contribution in [1.82, 2.24) is 0 Å². The lowest BCUT2D eigenvalue weighted by Crippen LogP contribution is -1.97. The van der Waals surface area contributed by atoms with Gasteiger partial charge < -0.3 is 9.84 Å². The van der Waals surface area contributed by atoms with Crippen LogP contribution in [0.4, 0.5) is 0 Å². The van der Waals surface area contributed by atoms with Crippen LogP contribution in [0.2, 0.25) is 5.02 Å². The first-order valence-corrected chi connectivity index (χ1v) is 4.43. The molecule has 0 radical (unpaired) electrons. The summed E-state index contributed by atoms with van der Waals surface area (Å²) in [6.07, 6.45) is 0. The van der Waals surface area contributed by atoms with Crippen molar-refractivity contribution in [3.05, 3.63) is 27.8 Å². The number of ether oxygens (including phenoxy) is 1. The van der Waals surface area contributed by atoms with Gasteiger partial charge in [0.1, 0.15) is 5.75 Å². The Balaban J connectivity index is 3.39. The van der Waals surface area contributed by atoms with E-state index >= 15 is 0 Å². The predicted octanol–water partition coefficient (Wildman–Crippen LogP) is 2.46. The highest BCUT2D eigenvalue weighted by Gasteiger charge is 2.10. The summed E-state index contributed by atoms with van der Waals surface area (Å²) in [5.41, 5.74) is 2.68. The summed E-state index contributed by atoms with van der Waals surface area (Å²) in [5, 5.41) is 9.67. The monoisotopic (exact) mass is 200 g/mol. The predicted molar refractivity (Wildman–Crippen MR) is 53.4 cm³/mol. The van der Waals surface area contributed by atoms with Gasteiger partial charge in [-0.05, 0) is 31.0 Å². The van der Waals surface area contributed by atoms with Gasteiger partial charge in [-0.3, -0.25) is 0 Å². The molecule has 1 N–H and O–H groups in total. The maximum atomic E-state index is 9.04. The first kappa shape index (κ1) is 10.4. The summed E-state index contributed by atoms with van der Waals surface area (Å²) in [6, 6.07) is 1.77. The minimum Gasteiger partial charge on any atom is -0.496 e. The second kappa shape index (κ2) is 3.99. The molecule has 0 unspecified atom stereocenters. The summed E-state index contributed by atoms with van der Waals surface area (Å²) in [7, 11) is 1.60. The number of aliphatic hydroxyl groups excluding tert-OH is 1. The highest BCUT2D eigenvalue weighted by Crippen LogP contribution is 2.31. The first-order chi connectivity index (χ1) is 6.11. The van der Waals surface area contributed by atoms with Gasteiger partial charge in [-0.15, -0.1) is 0 Å². The van der Waals surface area contributed by atoms with E-state index < -0.39 is 0 Å². The SMILES string of the molecule is COc1c(C)c(Cl)cc(CO)c1C. The Morgan fingerprint density at radius 3 is 2.46 bits per heavy atom. The Hall–Kier alpha value is -0.730. The molecular weight excluding hydrogens is 188 g/mol. The van der Waals surface area contributed by atoms with Crippen LogP contribution in [-0.4, -0.2) is 12.2 Å². The topological polar surface area (TPSA) is 29.5 Å². The van der Waals surface area contributed by atoms with Gasteiger partial charge in [0.15, 0.2) is 0 Å². The third kappa shape index (κ3) is 1.79. The van der Waals surface area contributed by atoms with E-state index in [4.69, 9.17) is 21.4 Å². The van der Waals surface area contributed by atoms with E-state index in [1.54, 1.807) is 13.2 Å². The number of benzene rings is 1. The second-order valence-electron chi connectivity index (χ2n) is 2.96. The number of halogens is 1. The standard InChI is InChI=1S/C10H13ClO2/c1-6-8(5-12)4-9(11)7(2)10(6)13-3/h4,12H,5H2,1-3H3. The van der Waals surface area contributed by atoms with Crippen molar-refractivity contribution in [1.29, 1.82) is 0 Å². The van der Waals surface area contributed by atoms with E-state index in [0.29, 0.717) is 5.02 Å². The van der Waals surface area contributed by atoms with Crippen LogP contribution in [0.1, 0.15) is 16.7 Å². The summed E-state index contributed by atoms with van der Waals surface area (Å²) < 4.78 is 5.20. The van der Waals surface area contributed by atoms with E-state index in [-0.39, 0.29) is 6.61 Å². The molecule has 1 rings (SSSR count). The Kier molecular flexibility index (Phi) is 3.17. The molecule has 0 heterocycles. The molecule has 0 spiro atoms. The van der Waals surface area contributed by atoms with Crippen LogP contribution in [0.5, 0.6) is 5.75 Å². The van der Waals surface area contributed by atoms with Gasteiger partial charge in [-0.1, -0.05) is 11.6 Å². The highest BCUT2D eigenvalue weighted by atomic mass is 35.5. The lowest BCUT2D eigenvalue weighted by atomic mass is 10.0. The van der Waals surface area contributed by atoms with Crippen molar-refractivity contribution in [2.24, 2.45) is 0 Å². The van der Waals surface area contributed by atoms with Crippen LogP contribution < -0.4 is 4.74 Å². The molecule has 0 atom stereocenters. The fourth-order valence-corrected chi connectivity index (χ4v) is 1.59. The number of methoxy groups -OCH3 is 1. The molecule has 1 aromatic rings. The number of hydrogen-bond donors (Lipinski definition) is 1. The van der Waals surface area contributed by atoms with Gasteiger partial charge >= 0.3 is 0 Å². The Morgan fingerprint density at radius 1 is 1.38 bits per heavy atom. The Labute approximate surface area is 83.1 Å². The Morgan fingerprint density at radius 2 is 2.00 bits per heavy atom. The van der Waals surface area contributed by atoms with Crippen LogP contribution in [0, 0.1) is 13.8 Å². The smallest absolute Gasteiger partial charge is 0.126 e. The second-order valence-corrected chi connectivity index (χ2v) is 3.37. The fourth-order valence-electron chi connectivity index (χ4n) is 1.38. The molecule has 0 aliphatic rings. The average molecular weight is 201 g/mol. The summed E-state index contributed by atoms with van der Waals surface area (Å²) >= 11 is 5.96. The maximum Gasteiger partial charge on any atom is 0.126 e. The minimum absolute atomic E-state index is 0.0117. The summed E-state index contributed by atoms with van der Waals surface area (Å²) in [4.78, 5) is 0. The van der Waals surface area contributed by atoms with Crippen molar-refractivity contribution in [2.75, 3.05) is 7.11 Å². The molecule has 0 amide bonds. The van der Waals surface area contributed by atoms with Gasteiger partial charge in [0, 0.05) is 10.6 Å². The lowest BCUT2D eigenvalue weighted by Gasteiger charge is -2.13. The quantitative estimate of drug-likeness (QED) is 0.795. The van der Waals surface area contributed by atoms with E-state index in [9.17, 15) is 0 Å². The molecule has 3 heteroatoms. The van der Waals surface area contributed by atoms with Crippen LogP contribution in [-0.2, 0) is 6.61 Å². The van der Waals surface area contributed by atoms with Crippen LogP contribution in [0.25, 0.3) is 0 Å². The molecule has 72 valence electrons. The molecule has 0 aliphatic carbocycles. The molecule has 0 saturated carbocycles. The number of hydrogen-bond acceptors (Lipinski definition) is 2. The molecule has 1 aromatic carbocycles. The molecule has 0 saturated heterocycles. The fraction of sp³-hybridized carbons (Fsp3) is 0.400. The van der Waals surface area contributed by atoms with Crippen molar-refractivity contribution in [3.63, 3.8) is 0 Å². The first-order valence-electron chi connectivity index (χ1n) is 4.05. The normalized spacial score (nSPS) is 10.2. The summed E-state index contributed by atoms with van der Waals surface area (Å²) in [6.45, 7) is 3.80. The average Bonchev–Trinajstić information content (AvgIpc) is 2.12. The van der Waals surface area contributed by atoms with Gasteiger partial charge in [-0.2, -0.15) is 0 Å². The molecule has 2 nitrogen and oxygen atoms in total. The van der Waals surface area contributed by atoms with Crippen molar-refractivity contribution >= 4 is 11.6 Å². The molecular formula is C10H13ClO2. The van der Waals surface area contributed by atoms with Gasteiger partial charge in [0.05, 0.1) is 13.7 Å². The van der Waals surface area contributed by atoms with E-state index in [1.807, 2.05) is 13.8 Å². The van der Waals surface area contributed by atoms with Crippen molar-refractivity contribution < 1.29 is 9.84 Å². The van der Waals surface area contributed by atoms with Crippen LogP contribution >= 0.6 is 11.6 Å². The summed E-state index contributed by atoms with van der Waals surface area (Å²) in [5.74, 6) is 0.761. The largest absolute Gasteiger partial charge is 0.496 e. The molecule has 0 fully saturated rings. The third-order valence-electron chi connectivity index (χ3n) is 2.20. The maximum absolute atomic E-state index is 9.04. The van der Waals surface area contributed by atoms with Crippen molar-refractivity contribution in [2.45, 2.75) is 20.5 Å². The Bertz CT molecular complexity index is 321. The zero-order valence-electron chi connectivity index (χ0n) is 8.02. The van der Waals surface area contributed by atoms with Crippen LogP contribution in [0.15, 0.2) is 6.07 Å². The number of rotatable bonds is 2. The van der Waals surface area contributed by atoms with Crippen LogP contribution in [0.3, 0.4) is 0 Å². The molecule has 0 bridgehead atoms. The molecule has 0 aromatic heterocycles. The molecule has 13 heavy (non-hydrogen) atoms. The van der Waals surface area contributed by atoms with E-state index in [1.165, 1.54) is 0 Å². The van der Waals surface area contributed by atoms with E-state index in [2.05, 4.69) is 0 Å². The third-order valence-corrected chi connectivity index (χ3v) is 2.59. The zero-order chi connectivity index (χ0) is 10.0. The van der Waals surface area contributed by atoms with Gasteiger partial charge in [0.25, 0.3) is 0 Å². The van der Waals surface area contributed by atoms with Gasteiger partial charge in [-0.25, -0.2) is 0 Å². The lowest BCUT2D eigenvalue weighted by molar-refractivity contribution is 0.280. The van der Waals surface area contributed by atoms with Gasteiger partial charge in [0.2, 0.25) is 0 Å². The van der Waals surface area contributed by atoms with E-state index in [0.717, 1.165) is 22.4 Å². The van der Waals surface area contributed by atoms with Crippen molar-refractivity contribution in [3.8, 4) is 5.75 Å². The molecule has 0 aliphatic heterocycles. The minimum atomic E-state index is -0.0117.